The van der Waals surface area contributed by atoms with E-state index in [0.717, 1.165) is 12.8 Å². The van der Waals surface area contributed by atoms with Gasteiger partial charge in [-0.2, -0.15) is 0 Å². The number of aromatic nitrogens is 2. The molecule has 0 atom stereocenters. The Bertz CT molecular complexity index is 349. The predicted octanol–water partition coefficient (Wildman–Crippen LogP) is 1.00. The van der Waals surface area contributed by atoms with E-state index in [1.54, 1.807) is 14.0 Å². The van der Waals surface area contributed by atoms with Gasteiger partial charge < -0.3 is 5.11 Å². The van der Waals surface area contributed by atoms with Crippen LogP contribution in [0.1, 0.15) is 25.5 Å². The highest BCUT2D eigenvalue weighted by Crippen LogP contribution is 2.13. The van der Waals surface area contributed by atoms with Crippen LogP contribution in [0, 0.1) is 6.92 Å². The van der Waals surface area contributed by atoms with Gasteiger partial charge in [0.1, 0.15) is 0 Å². The molecule has 1 N–H and O–H groups in total. The fraction of sp³-hybridized carbons (Fsp3) is 0.667. The average Bonchev–Trinajstić information content (AvgIpc) is 2.30. The van der Waals surface area contributed by atoms with Gasteiger partial charge >= 0.3 is 5.69 Å². The first kappa shape index (κ1) is 9.89. The molecule has 0 fully saturated rings. The second-order valence-corrected chi connectivity index (χ2v) is 3.26. The Balaban J connectivity index is 3.07. The van der Waals surface area contributed by atoms with E-state index in [-0.39, 0.29) is 11.6 Å². The summed E-state index contributed by atoms with van der Waals surface area (Å²) in [7, 11) is 1.67. The maximum Gasteiger partial charge on any atom is 0.330 e. The lowest BCUT2D eigenvalue weighted by Gasteiger charge is -2.00. The van der Waals surface area contributed by atoms with Crippen molar-refractivity contribution in [1.29, 1.82) is 0 Å². The molecule has 4 heteroatoms. The first-order chi connectivity index (χ1) is 6.09. The van der Waals surface area contributed by atoms with E-state index in [1.165, 1.54) is 9.13 Å². The SMILES string of the molecule is CCCCn1c(O)c(C)n(C)c1=O. The number of imidazole rings is 1. The third-order valence-corrected chi connectivity index (χ3v) is 2.34. The van der Waals surface area contributed by atoms with Crippen molar-refractivity contribution in [3.63, 3.8) is 0 Å². The van der Waals surface area contributed by atoms with E-state index in [9.17, 15) is 9.90 Å². The number of rotatable bonds is 3. The number of nitrogens with zero attached hydrogens (tertiary/aromatic N) is 2. The molecule has 0 aliphatic carbocycles. The molecule has 0 spiro atoms. The molecule has 0 bridgehead atoms. The minimum atomic E-state index is -0.136. The minimum Gasteiger partial charge on any atom is -0.493 e. The largest absolute Gasteiger partial charge is 0.493 e. The summed E-state index contributed by atoms with van der Waals surface area (Å²) in [6.45, 7) is 4.39. The molecule has 0 radical (unpaired) electrons. The maximum atomic E-state index is 11.5. The third-order valence-electron chi connectivity index (χ3n) is 2.34. The zero-order valence-electron chi connectivity index (χ0n) is 8.37. The van der Waals surface area contributed by atoms with E-state index in [2.05, 4.69) is 6.92 Å². The summed E-state index contributed by atoms with van der Waals surface area (Å²) in [5, 5.41) is 9.57. The fourth-order valence-corrected chi connectivity index (χ4v) is 1.28. The Morgan fingerprint density at radius 3 is 2.46 bits per heavy atom. The highest BCUT2D eigenvalue weighted by molar-refractivity contribution is 5.17. The van der Waals surface area contributed by atoms with Crippen LogP contribution in [-0.4, -0.2) is 14.2 Å². The van der Waals surface area contributed by atoms with Crippen molar-refractivity contribution in [2.45, 2.75) is 33.2 Å². The van der Waals surface area contributed by atoms with Crippen molar-refractivity contribution in [3.05, 3.63) is 16.2 Å². The van der Waals surface area contributed by atoms with Crippen LogP contribution in [0.2, 0.25) is 0 Å². The van der Waals surface area contributed by atoms with Crippen LogP contribution in [-0.2, 0) is 13.6 Å². The summed E-state index contributed by atoms with van der Waals surface area (Å²) in [6, 6.07) is 0. The van der Waals surface area contributed by atoms with Crippen molar-refractivity contribution in [1.82, 2.24) is 9.13 Å². The zero-order valence-corrected chi connectivity index (χ0v) is 8.37. The van der Waals surface area contributed by atoms with E-state index in [4.69, 9.17) is 0 Å². The monoisotopic (exact) mass is 184 g/mol. The quantitative estimate of drug-likeness (QED) is 0.761. The van der Waals surface area contributed by atoms with Gasteiger partial charge in [0.05, 0.1) is 5.69 Å². The van der Waals surface area contributed by atoms with Crippen LogP contribution in [0.4, 0.5) is 0 Å². The van der Waals surface area contributed by atoms with Gasteiger partial charge in [0, 0.05) is 13.6 Å². The number of hydrogen-bond donors (Lipinski definition) is 1. The minimum absolute atomic E-state index is 0.0981. The zero-order chi connectivity index (χ0) is 10.0. The standard InChI is InChI=1S/C9H16N2O2/c1-4-5-6-11-8(12)7(2)10(3)9(11)13/h12H,4-6H2,1-3H3. The molecule has 0 aromatic carbocycles. The highest BCUT2D eigenvalue weighted by atomic mass is 16.3. The molecule has 0 saturated carbocycles. The third kappa shape index (κ3) is 1.61. The van der Waals surface area contributed by atoms with Crippen molar-refractivity contribution in [3.8, 4) is 5.88 Å². The molecule has 4 nitrogen and oxygen atoms in total. The molecule has 1 rings (SSSR count). The molecule has 0 aliphatic heterocycles. The van der Waals surface area contributed by atoms with E-state index in [0.29, 0.717) is 12.2 Å². The Morgan fingerprint density at radius 1 is 1.46 bits per heavy atom. The molecule has 1 aromatic rings. The molecular weight excluding hydrogens is 168 g/mol. The molecule has 0 amide bonds. The van der Waals surface area contributed by atoms with Gasteiger partial charge in [-0.3, -0.25) is 9.13 Å². The molecule has 0 unspecified atom stereocenters. The molecular formula is C9H16N2O2. The molecule has 13 heavy (non-hydrogen) atoms. The van der Waals surface area contributed by atoms with Crippen LogP contribution >= 0.6 is 0 Å². The van der Waals surface area contributed by atoms with Crippen molar-refractivity contribution >= 4 is 0 Å². The van der Waals surface area contributed by atoms with E-state index in [1.807, 2.05) is 0 Å². The van der Waals surface area contributed by atoms with Gasteiger partial charge in [0.25, 0.3) is 0 Å². The van der Waals surface area contributed by atoms with Gasteiger partial charge in [-0.25, -0.2) is 4.79 Å². The summed E-state index contributed by atoms with van der Waals surface area (Å²) in [5.41, 5.74) is 0.490. The van der Waals surface area contributed by atoms with E-state index < -0.39 is 0 Å². The molecule has 74 valence electrons. The van der Waals surface area contributed by atoms with Crippen molar-refractivity contribution in [2.24, 2.45) is 7.05 Å². The van der Waals surface area contributed by atoms with Gasteiger partial charge in [-0.1, -0.05) is 13.3 Å². The van der Waals surface area contributed by atoms with Crippen LogP contribution < -0.4 is 5.69 Å². The summed E-state index contributed by atoms with van der Waals surface area (Å²) in [6.07, 6.45) is 1.93. The summed E-state index contributed by atoms with van der Waals surface area (Å²) >= 11 is 0. The smallest absolute Gasteiger partial charge is 0.330 e. The Morgan fingerprint density at radius 2 is 2.08 bits per heavy atom. The van der Waals surface area contributed by atoms with Crippen LogP contribution in [0.3, 0.4) is 0 Å². The first-order valence-corrected chi connectivity index (χ1v) is 4.54. The predicted molar refractivity (Wildman–Crippen MR) is 51.0 cm³/mol. The second-order valence-electron chi connectivity index (χ2n) is 3.26. The molecule has 1 aromatic heterocycles. The van der Waals surface area contributed by atoms with Gasteiger partial charge in [-0.05, 0) is 13.3 Å². The van der Waals surface area contributed by atoms with Crippen LogP contribution in [0.15, 0.2) is 4.79 Å². The number of hydrogen-bond acceptors (Lipinski definition) is 2. The molecule has 1 heterocycles. The topological polar surface area (TPSA) is 47.2 Å². The average molecular weight is 184 g/mol. The summed E-state index contributed by atoms with van der Waals surface area (Å²) < 4.78 is 2.88. The lowest BCUT2D eigenvalue weighted by molar-refractivity contribution is 0.405. The summed E-state index contributed by atoms with van der Waals surface area (Å²) in [4.78, 5) is 11.5. The molecule has 0 aliphatic rings. The second kappa shape index (κ2) is 3.68. The first-order valence-electron chi connectivity index (χ1n) is 4.54. The van der Waals surface area contributed by atoms with Crippen LogP contribution in [0.5, 0.6) is 5.88 Å². The van der Waals surface area contributed by atoms with Crippen LogP contribution in [0.25, 0.3) is 0 Å². The Hall–Kier alpha value is -1.19. The van der Waals surface area contributed by atoms with E-state index >= 15 is 0 Å². The lowest BCUT2D eigenvalue weighted by Crippen LogP contribution is -2.22. The van der Waals surface area contributed by atoms with Crippen molar-refractivity contribution < 1.29 is 5.11 Å². The van der Waals surface area contributed by atoms with Gasteiger partial charge in [-0.15, -0.1) is 0 Å². The normalized spacial score (nSPS) is 10.7. The molecule has 0 saturated heterocycles. The number of aromatic hydroxyl groups is 1. The highest BCUT2D eigenvalue weighted by Gasteiger charge is 2.11. The Kier molecular flexibility index (Phi) is 2.80. The fourth-order valence-electron chi connectivity index (χ4n) is 1.28. The number of unbranched alkanes of at least 4 members (excludes halogenated alkanes) is 1. The Labute approximate surface area is 77.4 Å². The van der Waals surface area contributed by atoms with Crippen molar-refractivity contribution in [2.75, 3.05) is 0 Å². The summed E-state index contributed by atoms with van der Waals surface area (Å²) in [5.74, 6) is 0.0981. The maximum absolute atomic E-state index is 11.5. The van der Waals surface area contributed by atoms with Gasteiger partial charge in [0.15, 0.2) is 0 Å². The lowest BCUT2D eigenvalue weighted by atomic mass is 10.3. The van der Waals surface area contributed by atoms with Gasteiger partial charge in [0.2, 0.25) is 5.88 Å².